The van der Waals surface area contributed by atoms with Crippen molar-refractivity contribution < 1.29 is 0 Å². The first-order chi connectivity index (χ1) is 5.47. The Hall–Kier alpha value is -0.0400. The van der Waals surface area contributed by atoms with Gasteiger partial charge in [0.2, 0.25) is 0 Å². The van der Waals surface area contributed by atoms with Gasteiger partial charge < -0.3 is 5.32 Å². The molecule has 1 rings (SSSR count). The van der Waals surface area contributed by atoms with Crippen LogP contribution < -0.4 is 5.32 Å². The summed E-state index contributed by atoms with van der Waals surface area (Å²) in [7, 11) is 0. The summed E-state index contributed by atoms with van der Waals surface area (Å²) < 4.78 is 0. The molecule has 0 bridgehead atoms. The zero-order valence-electron chi connectivity index (χ0n) is 8.98. The molecule has 0 heterocycles. The zero-order valence-corrected chi connectivity index (χ0v) is 8.98. The number of hydrogen-bond acceptors (Lipinski definition) is 1. The standard InChI is InChI=1S/C11H23N/c1-9-5-6-10(7-9)8-12-11(2,3)4/h9-10,12H,5-8H2,1-4H3/t9-,10-/m1/s1. The van der Waals surface area contributed by atoms with Crippen molar-refractivity contribution in [2.45, 2.75) is 52.5 Å². The van der Waals surface area contributed by atoms with Gasteiger partial charge in [-0.05, 0) is 52.0 Å². The van der Waals surface area contributed by atoms with E-state index in [9.17, 15) is 0 Å². The lowest BCUT2D eigenvalue weighted by atomic mass is 10.0. The molecule has 1 aliphatic carbocycles. The van der Waals surface area contributed by atoms with Gasteiger partial charge in [0.1, 0.15) is 0 Å². The van der Waals surface area contributed by atoms with Crippen molar-refractivity contribution in [3.63, 3.8) is 0 Å². The van der Waals surface area contributed by atoms with Crippen molar-refractivity contribution in [1.82, 2.24) is 5.32 Å². The maximum Gasteiger partial charge on any atom is 0.00966 e. The van der Waals surface area contributed by atoms with Crippen molar-refractivity contribution in [2.75, 3.05) is 6.54 Å². The quantitative estimate of drug-likeness (QED) is 0.670. The molecule has 0 aromatic carbocycles. The summed E-state index contributed by atoms with van der Waals surface area (Å²) in [5, 5.41) is 3.58. The van der Waals surface area contributed by atoms with Crippen LogP contribution in [0.1, 0.15) is 47.0 Å². The van der Waals surface area contributed by atoms with Gasteiger partial charge in [0.25, 0.3) is 0 Å². The monoisotopic (exact) mass is 169 g/mol. The van der Waals surface area contributed by atoms with Crippen molar-refractivity contribution >= 4 is 0 Å². The molecule has 0 aromatic heterocycles. The molecule has 0 amide bonds. The summed E-state index contributed by atoms with van der Waals surface area (Å²) in [6.07, 6.45) is 4.31. The molecule has 1 N–H and O–H groups in total. The molecule has 0 saturated heterocycles. The van der Waals surface area contributed by atoms with Gasteiger partial charge in [0.05, 0.1) is 0 Å². The lowest BCUT2D eigenvalue weighted by Crippen LogP contribution is -2.38. The molecule has 0 aromatic rings. The van der Waals surface area contributed by atoms with Crippen LogP contribution in [0.5, 0.6) is 0 Å². The summed E-state index contributed by atoms with van der Waals surface area (Å²) in [5.41, 5.74) is 0.297. The third-order valence-corrected chi connectivity index (χ3v) is 2.72. The van der Waals surface area contributed by atoms with Crippen LogP contribution in [0.4, 0.5) is 0 Å². The van der Waals surface area contributed by atoms with E-state index in [0.717, 1.165) is 11.8 Å². The predicted octanol–water partition coefficient (Wildman–Crippen LogP) is 2.81. The molecule has 0 spiro atoms. The van der Waals surface area contributed by atoms with Crippen LogP contribution in [0.2, 0.25) is 0 Å². The Balaban J connectivity index is 2.16. The Labute approximate surface area is 76.9 Å². The van der Waals surface area contributed by atoms with Gasteiger partial charge in [-0.2, -0.15) is 0 Å². The van der Waals surface area contributed by atoms with E-state index >= 15 is 0 Å². The highest BCUT2D eigenvalue weighted by Crippen LogP contribution is 2.29. The molecule has 1 nitrogen and oxygen atoms in total. The molecule has 2 atom stereocenters. The molecule has 1 saturated carbocycles. The van der Waals surface area contributed by atoms with Gasteiger partial charge in [-0.3, -0.25) is 0 Å². The smallest absolute Gasteiger partial charge is 0.00966 e. The van der Waals surface area contributed by atoms with Crippen LogP contribution in [0.15, 0.2) is 0 Å². The third-order valence-electron chi connectivity index (χ3n) is 2.72. The van der Waals surface area contributed by atoms with Crippen molar-refractivity contribution in [3.8, 4) is 0 Å². The number of rotatable bonds is 2. The molecular formula is C11H23N. The van der Waals surface area contributed by atoms with E-state index in [-0.39, 0.29) is 0 Å². The van der Waals surface area contributed by atoms with Crippen molar-refractivity contribution in [1.29, 1.82) is 0 Å². The first-order valence-corrected chi connectivity index (χ1v) is 5.22. The molecule has 72 valence electrons. The molecule has 1 fully saturated rings. The molecule has 0 unspecified atom stereocenters. The summed E-state index contributed by atoms with van der Waals surface area (Å²) in [5.74, 6) is 1.91. The summed E-state index contributed by atoms with van der Waals surface area (Å²) in [4.78, 5) is 0. The first kappa shape index (κ1) is 10.0. The number of hydrogen-bond donors (Lipinski definition) is 1. The summed E-state index contributed by atoms with van der Waals surface area (Å²) >= 11 is 0. The minimum absolute atomic E-state index is 0.297. The highest BCUT2D eigenvalue weighted by atomic mass is 14.9. The number of nitrogens with one attached hydrogen (secondary N) is 1. The van der Waals surface area contributed by atoms with Gasteiger partial charge in [0, 0.05) is 5.54 Å². The maximum absolute atomic E-state index is 3.58. The van der Waals surface area contributed by atoms with Crippen LogP contribution in [-0.2, 0) is 0 Å². The Morgan fingerprint density at radius 3 is 2.33 bits per heavy atom. The van der Waals surface area contributed by atoms with Gasteiger partial charge in [-0.1, -0.05) is 13.3 Å². The van der Waals surface area contributed by atoms with E-state index in [1.54, 1.807) is 0 Å². The second-order valence-electron chi connectivity index (χ2n) is 5.42. The van der Waals surface area contributed by atoms with Gasteiger partial charge in [-0.15, -0.1) is 0 Å². The van der Waals surface area contributed by atoms with E-state index in [4.69, 9.17) is 0 Å². The van der Waals surface area contributed by atoms with Gasteiger partial charge in [0.15, 0.2) is 0 Å². The molecule has 0 radical (unpaired) electrons. The summed E-state index contributed by atoms with van der Waals surface area (Å²) in [6.45, 7) is 10.3. The third kappa shape index (κ3) is 3.57. The molecule has 1 aliphatic rings. The highest BCUT2D eigenvalue weighted by Gasteiger charge is 2.22. The van der Waals surface area contributed by atoms with Gasteiger partial charge >= 0.3 is 0 Å². The summed E-state index contributed by atoms with van der Waals surface area (Å²) in [6, 6.07) is 0. The molecule has 12 heavy (non-hydrogen) atoms. The fourth-order valence-electron chi connectivity index (χ4n) is 1.96. The van der Waals surface area contributed by atoms with E-state index in [1.165, 1.54) is 25.8 Å². The normalized spacial score (nSPS) is 31.0. The molecule has 0 aliphatic heterocycles. The lowest BCUT2D eigenvalue weighted by Gasteiger charge is -2.23. The maximum atomic E-state index is 3.58. The van der Waals surface area contributed by atoms with Crippen LogP contribution in [0.25, 0.3) is 0 Å². The molecular weight excluding hydrogens is 146 g/mol. The fourth-order valence-corrected chi connectivity index (χ4v) is 1.96. The largest absolute Gasteiger partial charge is 0.312 e. The van der Waals surface area contributed by atoms with E-state index in [2.05, 4.69) is 33.0 Å². The first-order valence-electron chi connectivity index (χ1n) is 5.22. The Morgan fingerprint density at radius 1 is 1.25 bits per heavy atom. The predicted molar refractivity (Wildman–Crippen MR) is 54.3 cm³/mol. The minimum atomic E-state index is 0.297. The Morgan fingerprint density at radius 2 is 1.92 bits per heavy atom. The van der Waals surface area contributed by atoms with E-state index < -0.39 is 0 Å². The second-order valence-corrected chi connectivity index (χ2v) is 5.42. The average molecular weight is 169 g/mol. The Kier molecular flexibility index (Phi) is 3.16. The highest BCUT2D eigenvalue weighted by molar-refractivity contribution is 4.78. The van der Waals surface area contributed by atoms with Crippen LogP contribution in [0, 0.1) is 11.8 Å². The van der Waals surface area contributed by atoms with Crippen molar-refractivity contribution in [2.24, 2.45) is 11.8 Å². The van der Waals surface area contributed by atoms with Crippen LogP contribution in [-0.4, -0.2) is 12.1 Å². The Bertz CT molecular complexity index is 134. The fraction of sp³-hybridized carbons (Fsp3) is 1.00. The van der Waals surface area contributed by atoms with Crippen molar-refractivity contribution in [3.05, 3.63) is 0 Å². The van der Waals surface area contributed by atoms with Crippen LogP contribution in [0.3, 0.4) is 0 Å². The lowest BCUT2D eigenvalue weighted by molar-refractivity contribution is 0.369. The zero-order chi connectivity index (χ0) is 9.19. The average Bonchev–Trinajstić information content (AvgIpc) is 2.30. The second kappa shape index (κ2) is 3.78. The van der Waals surface area contributed by atoms with Gasteiger partial charge in [-0.25, -0.2) is 0 Å². The minimum Gasteiger partial charge on any atom is -0.312 e. The molecule has 1 heteroatoms. The van der Waals surface area contributed by atoms with E-state index in [0.29, 0.717) is 5.54 Å². The topological polar surface area (TPSA) is 12.0 Å². The SMILES string of the molecule is C[C@@H]1CC[C@@H](CNC(C)(C)C)C1. The van der Waals surface area contributed by atoms with E-state index in [1.807, 2.05) is 0 Å². The van der Waals surface area contributed by atoms with Crippen LogP contribution >= 0.6 is 0 Å².